The third-order valence-corrected chi connectivity index (χ3v) is 2.04. The summed E-state index contributed by atoms with van der Waals surface area (Å²) in [6.07, 6.45) is 4.55. The molecule has 0 saturated carbocycles. The van der Waals surface area contributed by atoms with Crippen molar-refractivity contribution in [2.24, 2.45) is 11.5 Å². The Kier molecular flexibility index (Phi) is 1.89. The van der Waals surface area contributed by atoms with Crippen molar-refractivity contribution in [1.82, 2.24) is 9.38 Å². The van der Waals surface area contributed by atoms with Crippen LogP contribution in [0.1, 0.15) is 20.8 Å². The molecule has 0 radical (unpaired) electrons. The normalized spacial score (nSPS) is 10.4. The molecule has 2 heterocycles. The molecule has 2 aromatic heterocycles. The molecule has 0 aromatic carbocycles. The average Bonchev–Trinajstić information content (AvgIpc) is 2.60. The van der Waals surface area contributed by atoms with Gasteiger partial charge in [-0.15, -0.1) is 0 Å². The first-order valence-electron chi connectivity index (χ1n) is 4.16. The molecular formula is C9H8N4O2. The van der Waals surface area contributed by atoms with Crippen LogP contribution in [0.15, 0.2) is 24.7 Å². The van der Waals surface area contributed by atoms with Gasteiger partial charge in [-0.3, -0.25) is 9.59 Å². The number of hydrogen-bond acceptors (Lipinski definition) is 3. The molecule has 2 aromatic rings. The first-order valence-corrected chi connectivity index (χ1v) is 4.16. The van der Waals surface area contributed by atoms with Gasteiger partial charge in [-0.25, -0.2) is 4.98 Å². The maximum absolute atomic E-state index is 11.0. The Hall–Kier alpha value is -2.37. The smallest absolute Gasteiger partial charge is 0.269 e. The lowest BCUT2D eigenvalue weighted by atomic mass is 10.3. The Bertz CT molecular complexity index is 558. The highest BCUT2D eigenvalue weighted by atomic mass is 16.1. The van der Waals surface area contributed by atoms with E-state index in [0.29, 0.717) is 11.1 Å². The Labute approximate surface area is 84.5 Å². The summed E-state index contributed by atoms with van der Waals surface area (Å²) in [6, 6.07) is 1.48. The van der Waals surface area contributed by atoms with Gasteiger partial charge in [0, 0.05) is 18.6 Å². The average molecular weight is 204 g/mol. The van der Waals surface area contributed by atoms with Gasteiger partial charge in [-0.2, -0.15) is 0 Å². The topological polar surface area (TPSA) is 103 Å². The van der Waals surface area contributed by atoms with Crippen LogP contribution in [0.4, 0.5) is 0 Å². The number of primary amides is 2. The highest BCUT2D eigenvalue weighted by Gasteiger charge is 2.11. The van der Waals surface area contributed by atoms with Gasteiger partial charge >= 0.3 is 0 Å². The van der Waals surface area contributed by atoms with Crippen LogP contribution in [0.5, 0.6) is 0 Å². The number of carbonyl (C=O) groups excluding carboxylic acids is 2. The van der Waals surface area contributed by atoms with E-state index in [1.54, 1.807) is 10.6 Å². The minimum atomic E-state index is -0.644. The van der Waals surface area contributed by atoms with E-state index < -0.39 is 11.8 Å². The van der Waals surface area contributed by atoms with Gasteiger partial charge in [-0.05, 0) is 6.07 Å². The summed E-state index contributed by atoms with van der Waals surface area (Å²) in [7, 11) is 0. The molecule has 0 atom stereocenters. The summed E-state index contributed by atoms with van der Waals surface area (Å²) in [5, 5.41) is 0. The number of aromatic nitrogens is 2. The minimum Gasteiger partial charge on any atom is -0.366 e. The molecule has 15 heavy (non-hydrogen) atoms. The fourth-order valence-electron chi connectivity index (χ4n) is 1.36. The van der Waals surface area contributed by atoms with Crippen molar-refractivity contribution in [2.45, 2.75) is 0 Å². The highest BCUT2D eigenvalue weighted by Crippen LogP contribution is 2.12. The molecule has 4 N–H and O–H groups in total. The van der Waals surface area contributed by atoms with Gasteiger partial charge in [0.2, 0.25) is 5.91 Å². The van der Waals surface area contributed by atoms with Crippen molar-refractivity contribution in [1.29, 1.82) is 0 Å². The quantitative estimate of drug-likeness (QED) is 0.691. The minimum absolute atomic E-state index is 0.116. The van der Waals surface area contributed by atoms with Crippen LogP contribution in [-0.4, -0.2) is 21.2 Å². The van der Waals surface area contributed by atoms with Gasteiger partial charge in [0.05, 0.1) is 11.1 Å². The van der Waals surface area contributed by atoms with Crippen LogP contribution in [0.3, 0.4) is 0 Å². The van der Waals surface area contributed by atoms with Crippen LogP contribution in [0, 0.1) is 0 Å². The van der Waals surface area contributed by atoms with Gasteiger partial charge in [0.15, 0.2) is 5.69 Å². The zero-order valence-corrected chi connectivity index (χ0v) is 7.68. The number of amides is 2. The van der Waals surface area contributed by atoms with Crippen molar-refractivity contribution >= 4 is 17.3 Å². The van der Waals surface area contributed by atoms with E-state index in [2.05, 4.69) is 4.98 Å². The van der Waals surface area contributed by atoms with Gasteiger partial charge in [0.1, 0.15) is 0 Å². The van der Waals surface area contributed by atoms with Crippen molar-refractivity contribution in [3.63, 3.8) is 0 Å². The molecule has 0 fully saturated rings. The molecule has 0 saturated heterocycles. The van der Waals surface area contributed by atoms with Crippen LogP contribution in [0.2, 0.25) is 0 Å². The lowest BCUT2D eigenvalue weighted by molar-refractivity contribution is 0.0989. The van der Waals surface area contributed by atoms with E-state index in [1.807, 2.05) is 0 Å². The second kappa shape index (κ2) is 3.09. The lowest BCUT2D eigenvalue weighted by Gasteiger charge is -1.97. The predicted octanol–water partition coefficient (Wildman–Crippen LogP) is -0.468. The first kappa shape index (κ1) is 9.20. The van der Waals surface area contributed by atoms with Crippen LogP contribution in [-0.2, 0) is 0 Å². The van der Waals surface area contributed by atoms with E-state index in [-0.39, 0.29) is 5.69 Å². The first-order chi connectivity index (χ1) is 7.09. The SMILES string of the molecule is NC(=O)c1cc2c(C(N)=O)nccn2c1. The maximum Gasteiger partial charge on any atom is 0.269 e. The fraction of sp³-hybridized carbons (Fsp3) is 0. The highest BCUT2D eigenvalue weighted by molar-refractivity contribution is 6.00. The summed E-state index contributed by atoms with van der Waals surface area (Å²) in [5.41, 5.74) is 11.1. The summed E-state index contributed by atoms with van der Waals surface area (Å²) < 4.78 is 1.58. The summed E-state index contributed by atoms with van der Waals surface area (Å²) in [4.78, 5) is 25.8. The van der Waals surface area contributed by atoms with Gasteiger partial charge in [0.25, 0.3) is 5.91 Å². The van der Waals surface area contributed by atoms with E-state index in [1.165, 1.54) is 18.5 Å². The Balaban J connectivity index is 2.75. The zero-order valence-electron chi connectivity index (χ0n) is 7.68. The van der Waals surface area contributed by atoms with Crippen LogP contribution in [0.25, 0.3) is 5.52 Å². The van der Waals surface area contributed by atoms with E-state index in [4.69, 9.17) is 11.5 Å². The molecule has 2 amide bonds. The fourth-order valence-corrected chi connectivity index (χ4v) is 1.36. The number of nitrogens with two attached hydrogens (primary N) is 2. The third kappa shape index (κ3) is 1.41. The molecule has 0 spiro atoms. The molecule has 0 aliphatic heterocycles. The molecule has 0 aliphatic carbocycles. The van der Waals surface area contributed by atoms with E-state index >= 15 is 0 Å². The predicted molar refractivity (Wildman–Crippen MR) is 52.2 cm³/mol. The molecule has 0 bridgehead atoms. The Morgan fingerprint density at radius 2 is 2.00 bits per heavy atom. The summed E-state index contributed by atoms with van der Waals surface area (Å²) in [6.45, 7) is 0. The molecule has 0 unspecified atom stereocenters. The maximum atomic E-state index is 11.0. The molecule has 6 nitrogen and oxygen atoms in total. The number of fused-ring (bicyclic) bond motifs is 1. The summed E-state index contributed by atoms with van der Waals surface area (Å²) >= 11 is 0. The van der Waals surface area contributed by atoms with Gasteiger partial charge in [-0.1, -0.05) is 0 Å². The second-order valence-corrected chi connectivity index (χ2v) is 3.03. The van der Waals surface area contributed by atoms with Crippen LogP contribution < -0.4 is 11.5 Å². The van der Waals surface area contributed by atoms with Crippen molar-refractivity contribution < 1.29 is 9.59 Å². The molecule has 76 valence electrons. The molecule has 2 rings (SSSR count). The zero-order chi connectivity index (χ0) is 11.0. The third-order valence-electron chi connectivity index (χ3n) is 2.04. The number of rotatable bonds is 2. The van der Waals surface area contributed by atoms with Crippen molar-refractivity contribution in [2.75, 3.05) is 0 Å². The van der Waals surface area contributed by atoms with Crippen LogP contribution >= 0.6 is 0 Å². The largest absolute Gasteiger partial charge is 0.366 e. The van der Waals surface area contributed by atoms with E-state index in [9.17, 15) is 9.59 Å². The van der Waals surface area contributed by atoms with Gasteiger partial charge < -0.3 is 15.9 Å². The molecule has 0 aliphatic rings. The molecule has 6 heteroatoms. The Morgan fingerprint density at radius 1 is 1.27 bits per heavy atom. The van der Waals surface area contributed by atoms with Crippen molar-refractivity contribution in [3.05, 3.63) is 35.9 Å². The number of carbonyl (C=O) groups is 2. The summed E-state index contributed by atoms with van der Waals surface area (Å²) in [5.74, 6) is -1.20. The number of nitrogens with zero attached hydrogens (tertiary/aromatic N) is 2. The second-order valence-electron chi connectivity index (χ2n) is 3.03. The number of hydrogen-bond donors (Lipinski definition) is 2. The lowest BCUT2D eigenvalue weighted by Crippen LogP contribution is -2.14. The monoisotopic (exact) mass is 204 g/mol. The van der Waals surface area contributed by atoms with Crippen molar-refractivity contribution in [3.8, 4) is 0 Å². The van der Waals surface area contributed by atoms with E-state index in [0.717, 1.165) is 0 Å². The Morgan fingerprint density at radius 3 is 2.60 bits per heavy atom. The molecular weight excluding hydrogens is 196 g/mol. The standard InChI is InChI=1S/C9H8N4O2/c10-8(14)5-3-6-7(9(11)15)12-1-2-13(6)4-5/h1-4H,(H2,10,14)(H2,11,15).